The van der Waals surface area contributed by atoms with Gasteiger partial charge in [0.1, 0.15) is 0 Å². The lowest BCUT2D eigenvalue weighted by atomic mass is 9.86. The van der Waals surface area contributed by atoms with Crippen LogP contribution >= 0.6 is 11.3 Å². The van der Waals surface area contributed by atoms with Crippen molar-refractivity contribution in [3.8, 4) is 11.3 Å². The molecule has 35 heavy (non-hydrogen) atoms. The number of hydrogen-bond donors (Lipinski definition) is 0. The van der Waals surface area contributed by atoms with E-state index in [0.29, 0.717) is 0 Å². The van der Waals surface area contributed by atoms with Gasteiger partial charge in [0.05, 0.1) is 5.69 Å². The lowest BCUT2D eigenvalue weighted by molar-refractivity contribution is 0.597. The zero-order valence-corrected chi connectivity index (χ0v) is 20.9. The maximum atomic E-state index is 4.94. The van der Waals surface area contributed by atoms with Crippen molar-refractivity contribution in [1.29, 1.82) is 0 Å². The molecule has 7 rings (SSSR count). The molecule has 168 valence electrons. The Balaban J connectivity index is 1.55. The number of rotatable bonds is 1. The van der Waals surface area contributed by atoms with Crippen molar-refractivity contribution in [2.75, 3.05) is 0 Å². The first-order valence-corrected chi connectivity index (χ1v) is 13.0. The van der Waals surface area contributed by atoms with Gasteiger partial charge in [-0.2, -0.15) is 0 Å². The second-order valence-corrected chi connectivity index (χ2v) is 11.4. The topological polar surface area (TPSA) is 12.9 Å². The Morgan fingerprint density at radius 3 is 2.06 bits per heavy atom. The Labute approximate surface area is 208 Å². The van der Waals surface area contributed by atoms with E-state index in [1.807, 2.05) is 17.5 Å². The Kier molecular flexibility index (Phi) is 4.34. The van der Waals surface area contributed by atoms with Gasteiger partial charge < -0.3 is 0 Å². The van der Waals surface area contributed by atoms with Crippen LogP contribution in [0.4, 0.5) is 0 Å². The largest absolute Gasteiger partial charge is 0.256 e. The first-order chi connectivity index (χ1) is 17.0. The molecule has 0 radical (unpaired) electrons. The second kappa shape index (κ2) is 7.37. The van der Waals surface area contributed by atoms with Crippen molar-refractivity contribution in [2.45, 2.75) is 26.2 Å². The zero-order chi connectivity index (χ0) is 23.7. The van der Waals surface area contributed by atoms with E-state index < -0.39 is 0 Å². The number of fused-ring (bicyclic) bond motifs is 8. The fourth-order valence-electron chi connectivity index (χ4n) is 5.57. The quantitative estimate of drug-likeness (QED) is 0.219. The minimum Gasteiger partial charge on any atom is -0.256 e. The highest BCUT2D eigenvalue weighted by Gasteiger charge is 2.21. The normalized spacial score (nSPS) is 12.4. The van der Waals surface area contributed by atoms with Gasteiger partial charge in [0.15, 0.2) is 0 Å². The van der Waals surface area contributed by atoms with Crippen molar-refractivity contribution < 1.29 is 0 Å². The molecule has 0 unspecified atom stereocenters. The third kappa shape index (κ3) is 3.03. The molecular weight excluding hydrogens is 442 g/mol. The van der Waals surface area contributed by atoms with E-state index in [0.717, 1.165) is 5.69 Å². The van der Waals surface area contributed by atoms with Crippen LogP contribution in [0.15, 0.2) is 97.2 Å². The van der Waals surface area contributed by atoms with Crippen LogP contribution in [0.25, 0.3) is 63.7 Å². The van der Waals surface area contributed by atoms with E-state index in [-0.39, 0.29) is 5.41 Å². The van der Waals surface area contributed by atoms with Crippen molar-refractivity contribution >= 4 is 63.8 Å². The van der Waals surface area contributed by atoms with Crippen LogP contribution in [0.5, 0.6) is 0 Å². The van der Waals surface area contributed by atoms with Crippen LogP contribution in [0, 0.1) is 0 Å². The Bertz CT molecular complexity index is 1940. The molecule has 0 atom stereocenters. The van der Waals surface area contributed by atoms with Crippen molar-refractivity contribution in [2.24, 2.45) is 0 Å². The summed E-state index contributed by atoms with van der Waals surface area (Å²) in [5.41, 5.74) is 3.78. The number of aromatic nitrogens is 1. The van der Waals surface area contributed by atoms with Crippen LogP contribution < -0.4 is 0 Å². The van der Waals surface area contributed by atoms with Gasteiger partial charge in [-0.05, 0) is 44.0 Å². The molecule has 0 spiro atoms. The number of pyridine rings is 1. The summed E-state index contributed by atoms with van der Waals surface area (Å²) < 4.78 is 2.71. The molecule has 0 N–H and O–H groups in total. The molecule has 0 aliphatic rings. The average molecular weight is 468 g/mol. The van der Waals surface area contributed by atoms with E-state index in [1.165, 1.54) is 63.6 Å². The van der Waals surface area contributed by atoms with E-state index in [4.69, 9.17) is 4.98 Å². The summed E-state index contributed by atoms with van der Waals surface area (Å²) in [6.07, 6.45) is 1.97. The highest BCUT2D eigenvalue weighted by molar-refractivity contribution is 7.26. The van der Waals surface area contributed by atoms with Gasteiger partial charge in [-0.1, -0.05) is 106 Å². The molecule has 0 aliphatic heterocycles. The maximum absolute atomic E-state index is 4.94. The molecule has 0 fully saturated rings. The Hall–Kier alpha value is -3.75. The minimum atomic E-state index is 0.0972. The van der Waals surface area contributed by atoms with Crippen LogP contribution in [0.2, 0.25) is 0 Å². The monoisotopic (exact) mass is 467 g/mol. The van der Waals surface area contributed by atoms with Crippen molar-refractivity contribution in [1.82, 2.24) is 4.98 Å². The molecule has 7 aromatic rings. The first-order valence-electron chi connectivity index (χ1n) is 12.1. The summed E-state index contributed by atoms with van der Waals surface area (Å²) in [7, 11) is 0. The molecule has 0 saturated heterocycles. The summed E-state index contributed by atoms with van der Waals surface area (Å²) in [5.74, 6) is 0. The molecular formula is C33H25NS. The van der Waals surface area contributed by atoms with Gasteiger partial charge in [-0.25, -0.2) is 0 Å². The van der Waals surface area contributed by atoms with Gasteiger partial charge in [0, 0.05) is 37.3 Å². The second-order valence-electron chi connectivity index (χ2n) is 10.4. The Morgan fingerprint density at radius 2 is 1.20 bits per heavy atom. The van der Waals surface area contributed by atoms with Gasteiger partial charge in [-0.15, -0.1) is 11.3 Å². The van der Waals surface area contributed by atoms with Crippen LogP contribution in [0.3, 0.4) is 0 Å². The highest BCUT2D eigenvalue weighted by atomic mass is 32.1. The molecule has 0 saturated carbocycles. The molecule has 0 bridgehead atoms. The fourth-order valence-corrected chi connectivity index (χ4v) is 7.10. The third-order valence-electron chi connectivity index (χ3n) is 7.26. The molecule has 2 aromatic heterocycles. The van der Waals surface area contributed by atoms with Crippen molar-refractivity contribution in [3.63, 3.8) is 0 Å². The minimum absolute atomic E-state index is 0.0972. The number of nitrogens with zero attached hydrogens (tertiary/aromatic N) is 1. The first kappa shape index (κ1) is 20.6. The summed E-state index contributed by atoms with van der Waals surface area (Å²) in [4.78, 5) is 4.94. The summed E-state index contributed by atoms with van der Waals surface area (Å²) in [6.45, 7) is 6.90. The number of thiophene rings is 1. The van der Waals surface area contributed by atoms with Gasteiger partial charge in [-0.3, -0.25) is 4.98 Å². The standard InChI is InChI=1S/C33H25NS/c1-33(2,3)29-13-7-11-27-26-10-6-12-28(31(26)35-32(27)29)30-25-17-16-22-21-9-5-4-8-20(21)14-15-23(22)24(25)18-19-34-30/h4-19H,1-3H3. The Morgan fingerprint density at radius 1 is 0.543 bits per heavy atom. The average Bonchev–Trinajstić information content (AvgIpc) is 3.26. The molecule has 1 nitrogen and oxygen atoms in total. The lowest BCUT2D eigenvalue weighted by Gasteiger charge is -2.19. The summed E-state index contributed by atoms with van der Waals surface area (Å²) in [5, 5.41) is 10.3. The van der Waals surface area contributed by atoms with Gasteiger partial charge >= 0.3 is 0 Å². The summed E-state index contributed by atoms with van der Waals surface area (Å²) >= 11 is 1.91. The van der Waals surface area contributed by atoms with Crippen molar-refractivity contribution in [3.05, 3.63) is 103 Å². The van der Waals surface area contributed by atoms with Crippen LogP contribution in [-0.2, 0) is 5.41 Å². The predicted octanol–water partition coefficient (Wildman–Crippen LogP) is 9.87. The lowest BCUT2D eigenvalue weighted by Crippen LogP contribution is -2.10. The van der Waals surface area contributed by atoms with Gasteiger partial charge in [0.2, 0.25) is 0 Å². The molecule has 2 heterocycles. The smallest absolute Gasteiger partial charge is 0.0794 e. The van der Waals surface area contributed by atoms with Crippen LogP contribution in [0.1, 0.15) is 26.3 Å². The molecule has 0 aliphatic carbocycles. The van der Waals surface area contributed by atoms with E-state index in [9.17, 15) is 0 Å². The van der Waals surface area contributed by atoms with E-state index in [2.05, 4.69) is 112 Å². The highest BCUT2D eigenvalue weighted by Crippen LogP contribution is 2.45. The van der Waals surface area contributed by atoms with E-state index in [1.54, 1.807) is 0 Å². The maximum Gasteiger partial charge on any atom is 0.0794 e. The fraction of sp³-hybridized carbons (Fsp3) is 0.121. The molecule has 0 amide bonds. The number of benzene rings is 5. The molecule has 2 heteroatoms. The summed E-state index contributed by atoms with van der Waals surface area (Å²) in [6, 6.07) is 33.3. The van der Waals surface area contributed by atoms with Crippen LogP contribution in [-0.4, -0.2) is 4.98 Å². The number of hydrogen-bond acceptors (Lipinski definition) is 2. The molecule has 5 aromatic carbocycles. The third-order valence-corrected chi connectivity index (χ3v) is 8.54. The SMILES string of the molecule is CC(C)(C)c1cccc2c1sc1c(-c3nccc4c3ccc3c5ccccc5ccc43)cccc12. The van der Waals surface area contributed by atoms with Gasteiger partial charge in [0.25, 0.3) is 0 Å². The van der Waals surface area contributed by atoms with E-state index >= 15 is 0 Å². The predicted molar refractivity (Wildman–Crippen MR) is 154 cm³/mol. The zero-order valence-electron chi connectivity index (χ0n) is 20.1.